The summed E-state index contributed by atoms with van der Waals surface area (Å²) in [7, 11) is 4.30. The van der Waals surface area contributed by atoms with Gasteiger partial charge in [0.1, 0.15) is 5.75 Å². The summed E-state index contributed by atoms with van der Waals surface area (Å²) in [6.45, 7) is 1.08. The van der Waals surface area contributed by atoms with E-state index in [2.05, 4.69) is 0 Å². The van der Waals surface area contributed by atoms with E-state index in [1.165, 1.54) is 52.7 Å². The number of carbonyl (C=O) groups is 2. The van der Waals surface area contributed by atoms with Crippen molar-refractivity contribution in [2.75, 3.05) is 34.5 Å². The van der Waals surface area contributed by atoms with Crippen LogP contribution in [0.4, 0.5) is 0 Å². The van der Waals surface area contributed by atoms with Crippen LogP contribution in [-0.2, 0) is 23.8 Å². The number of hydrogen-bond donors (Lipinski definition) is 0. The van der Waals surface area contributed by atoms with Gasteiger partial charge in [-0.15, -0.1) is 0 Å². The number of esters is 2. The van der Waals surface area contributed by atoms with Crippen molar-refractivity contribution in [2.24, 2.45) is 17.8 Å². The Balaban J connectivity index is 1.36. The zero-order valence-electron chi connectivity index (χ0n) is 20.8. The fourth-order valence-electron chi connectivity index (χ4n) is 7.15. The summed E-state index contributed by atoms with van der Waals surface area (Å²) in [5.41, 5.74) is 1.56. The molecule has 1 aliphatic heterocycles. The van der Waals surface area contributed by atoms with Crippen molar-refractivity contribution < 1.29 is 28.5 Å². The molecule has 4 aliphatic carbocycles. The van der Waals surface area contributed by atoms with Crippen LogP contribution in [0, 0.1) is 17.8 Å². The second kappa shape index (κ2) is 9.69. The van der Waals surface area contributed by atoms with E-state index in [-0.39, 0.29) is 5.60 Å². The number of methoxy groups -OCH3 is 3. The predicted octanol–water partition coefficient (Wildman–Crippen LogP) is 4.19. The Kier molecular flexibility index (Phi) is 6.62. The Morgan fingerprint density at radius 1 is 0.857 bits per heavy atom. The largest absolute Gasteiger partial charge is 0.497 e. The van der Waals surface area contributed by atoms with Gasteiger partial charge in [0.15, 0.2) is 0 Å². The molecule has 5 aliphatic rings. The minimum absolute atomic E-state index is 0.0138. The van der Waals surface area contributed by atoms with Crippen molar-refractivity contribution in [3.05, 3.63) is 53.4 Å². The minimum Gasteiger partial charge on any atom is -0.497 e. The lowest BCUT2D eigenvalue weighted by molar-refractivity contribution is -0.162. The molecule has 1 aromatic carbocycles. The molecule has 188 valence electrons. The summed E-state index contributed by atoms with van der Waals surface area (Å²) < 4.78 is 22.0. The molecular formula is C28H35NO6. The molecule has 4 bridgehead atoms. The Morgan fingerprint density at radius 3 is 1.83 bits per heavy atom. The van der Waals surface area contributed by atoms with E-state index in [1.807, 2.05) is 29.2 Å². The predicted molar refractivity (Wildman–Crippen MR) is 129 cm³/mol. The molecule has 4 fully saturated rings. The molecule has 4 saturated carbocycles. The first-order chi connectivity index (χ1) is 16.9. The first kappa shape index (κ1) is 23.9. The van der Waals surface area contributed by atoms with Crippen LogP contribution in [0.3, 0.4) is 0 Å². The smallest absolute Gasteiger partial charge is 0.336 e. The van der Waals surface area contributed by atoms with Gasteiger partial charge in [-0.05, 0) is 74.0 Å². The van der Waals surface area contributed by atoms with E-state index in [0.29, 0.717) is 30.0 Å². The van der Waals surface area contributed by atoms with Crippen molar-refractivity contribution in [2.45, 2.75) is 50.0 Å². The summed E-state index contributed by atoms with van der Waals surface area (Å²) in [5.74, 6) is 1.59. The van der Waals surface area contributed by atoms with Gasteiger partial charge >= 0.3 is 11.9 Å². The molecule has 0 saturated heterocycles. The molecule has 35 heavy (non-hydrogen) atoms. The van der Waals surface area contributed by atoms with Crippen molar-refractivity contribution in [1.82, 2.24) is 4.90 Å². The molecule has 0 amide bonds. The average molecular weight is 482 g/mol. The molecule has 1 aromatic rings. The highest BCUT2D eigenvalue weighted by Gasteiger charge is 2.51. The average Bonchev–Trinajstić information content (AvgIpc) is 2.86. The van der Waals surface area contributed by atoms with Crippen LogP contribution in [0.5, 0.6) is 5.75 Å². The molecule has 7 nitrogen and oxygen atoms in total. The van der Waals surface area contributed by atoms with Gasteiger partial charge in [0.25, 0.3) is 0 Å². The molecule has 6 rings (SSSR count). The van der Waals surface area contributed by atoms with E-state index in [9.17, 15) is 9.59 Å². The normalized spacial score (nSPS) is 29.5. The lowest BCUT2D eigenvalue weighted by Gasteiger charge is -2.56. The van der Waals surface area contributed by atoms with Crippen molar-refractivity contribution in [3.8, 4) is 5.75 Å². The summed E-state index contributed by atoms with van der Waals surface area (Å²) in [5, 5.41) is 0. The number of rotatable bonds is 8. The summed E-state index contributed by atoms with van der Waals surface area (Å²) in [6, 6.07) is 7.32. The third-order valence-electron chi connectivity index (χ3n) is 8.26. The molecule has 0 aromatic heterocycles. The van der Waals surface area contributed by atoms with Crippen LogP contribution in [0.25, 0.3) is 0 Å². The van der Waals surface area contributed by atoms with Gasteiger partial charge in [-0.2, -0.15) is 0 Å². The first-order valence-electron chi connectivity index (χ1n) is 12.6. The molecule has 0 unspecified atom stereocenters. The Bertz CT molecular complexity index is 957. The van der Waals surface area contributed by atoms with Crippen LogP contribution in [0.2, 0.25) is 0 Å². The SMILES string of the molecule is COC(=O)C1=CN(CCOC23CC4CC(CC(C4)C2)C3)C=C(C(=O)OC)C1c1ccc(OC)cc1. The third-order valence-corrected chi connectivity index (χ3v) is 8.26. The van der Waals surface area contributed by atoms with E-state index >= 15 is 0 Å². The highest BCUT2D eigenvalue weighted by molar-refractivity contribution is 5.98. The van der Waals surface area contributed by atoms with Crippen LogP contribution in [-0.4, -0.2) is 56.9 Å². The summed E-state index contributed by atoms with van der Waals surface area (Å²) >= 11 is 0. The van der Waals surface area contributed by atoms with E-state index in [1.54, 1.807) is 19.5 Å². The maximum Gasteiger partial charge on any atom is 0.336 e. The second-order valence-corrected chi connectivity index (χ2v) is 10.5. The fourth-order valence-corrected chi connectivity index (χ4v) is 7.15. The number of hydrogen-bond acceptors (Lipinski definition) is 7. The molecule has 0 radical (unpaired) electrons. The van der Waals surface area contributed by atoms with Gasteiger partial charge in [0, 0.05) is 18.9 Å². The molecule has 0 atom stereocenters. The van der Waals surface area contributed by atoms with Gasteiger partial charge < -0.3 is 23.8 Å². The Morgan fingerprint density at radius 2 is 1.37 bits per heavy atom. The monoisotopic (exact) mass is 481 g/mol. The van der Waals surface area contributed by atoms with Gasteiger partial charge in [0.05, 0.1) is 50.6 Å². The third kappa shape index (κ3) is 4.70. The van der Waals surface area contributed by atoms with Crippen LogP contribution >= 0.6 is 0 Å². The number of benzene rings is 1. The Labute approximate surface area is 207 Å². The molecule has 0 N–H and O–H groups in total. The van der Waals surface area contributed by atoms with Gasteiger partial charge in [-0.25, -0.2) is 9.59 Å². The highest BCUT2D eigenvalue weighted by atomic mass is 16.5. The van der Waals surface area contributed by atoms with E-state index in [0.717, 1.165) is 23.3 Å². The molecule has 0 spiro atoms. The topological polar surface area (TPSA) is 74.3 Å². The van der Waals surface area contributed by atoms with E-state index < -0.39 is 17.9 Å². The summed E-state index contributed by atoms with van der Waals surface area (Å²) in [4.78, 5) is 27.5. The fraction of sp³-hybridized carbons (Fsp3) is 0.571. The lowest BCUT2D eigenvalue weighted by atomic mass is 9.54. The molecule has 1 heterocycles. The van der Waals surface area contributed by atoms with Gasteiger partial charge in [-0.1, -0.05) is 12.1 Å². The lowest BCUT2D eigenvalue weighted by Crippen LogP contribution is -2.52. The van der Waals surface area contributed by atoms with Gasteiger partial charge in [-0.3, -0.25) is 0 Å². The zero-order chi connectivity index (χ0) is 24.6. The van der Waals surface area contributed by atoms with E-state index in [4.69, 9.17) is 18.9 Å². The maximum atomic E-state index is 12.8. The number of carbonyl (C=O) groups excluding carboxylic acids is 2. The molecular weight excluding hydrogens is 446 g/mol. The van der Waals surface area contributed by atoms with Crippen molar-refractivity contribution in [1.29, 1.82) is 0 Å². The standard InChI is InChI=1S/C28H35NO6/c1-32-22-6-4-21(5-7-22)25-23(26(30)33-2)16-29(17-24(25)27(31)34-3)8-9-35-28-13-18-10-19(14-28)12-20(11-18)15-28/h4-7,16-20,25H,8-15H2,1-3H3. The molecule has 7 heteroatoms. The van der Waals surface area contributed by atoms with Crippen LogP contribution in [0.1, 0.15) is 50.0 Å². The van der Waals surface area contributed by atoms with Crippen LogP contribution < -0.4 is 4.74 Å². The first-order valence-corrected chi connectivity index (χ1v) is 12.6. The van der Waals surface area contributed by atoms with Gasteiger partial charge in [0.2, 0.25) is 0 Å². The van der Waals surface area contributed by atoms with Crippen LogP contribution in [0.15, 0.2) is 47.8 Å². The zero-order valence-corrected chi connectivity index (χ0v) is 20.8. The Hall–Kier alpha value is -2.80. The van der Waals surface area contributed by atoms with Crippen molar-refractivity contribution in [3.63, 3.8) is 0 Å². The van der Waals surface area contributed by atoms with Crippen molar-refractivity contribution >= 4 is 11.9 Å². The minimum atomic E-state index is -0.596. The summed E-state index contributed by atoms with van der Waals surface area (Å²) in [6.07, 6.45) is 11.2. The quantitative estimate of drug-likeness (QED) is 0.516. The maximum absolute atomic E-state index is 12.8. The number of nitrogens with zero attached hydrogens (tertiary/aromatic N) is 1. The highest BCUT2D eigenvalue weighted by Crippen LogP contribution is 2.57. The number of ether oxygens (including phenoxy) is 4. The second-order valence-electron chi connectivity index (χ2n) is 10.5.